The Bertz CT molecular complexity index is 324. The minimum absolute atomic E-state index is 0.101. The molecule has 1 amide bonds. The van der Waals surface area contributed by atoms with Gasteiger partial charge in [-0.25, -0.2) is 8.78 Å². The Labute approximate surface area is 112 Å². The topological polar surface area (TPSA) is 46.6 Å². The van der Waals surface area contributed by atoms with Gasteiger partial charge in [0, 0.05) is 25.3 Å². The molecule has 19 heavy (non-hydrogen) atoms. The molecular weight excluding hydrogens is 256 g/mol. The van der Waals surface area contributed by atoms with Gasteiger partial charge in [0.25, 0.3) is 0 Å². The maximum atomic E-state index is 13.0. The van der Waals surface area contributed by atoms with Gasteiger partial charge in [0.05, 0.1) is 6.61 Å². The molecule has 1 fully saturated rings. The first kappa shape index (κ1) is 15.9. The predicted octanol–water partition coefficient (Wildman–Crippen LogP) is 2.22. The smallest absolute Gasteiger partial charge is 0.325 e. The summed E-state index contributed by atoms with van der Waals surface area (Å²) < 4.78 is 30.9. The number of halogens is 2. The summed E-state index contributed by atoms with van der Waals surface area (Å²) in [4.78, 5) is 24.9. The lowest BCUT2D eigenvalue weighted by molar-refractivity contribution is -0.151. The van der Waals surface area contributed by atoms with E-state index in [4.69, 9.17) is 4.74 Å². The first-order valence-electron chi connectivity index (χ1n) is 6.72. The van der Waals surface area contributed by atoms with Crippen LogP contribution < -0.4 is 0 Å². The molecule has 0 bridgehead atoms. The number of nitrogens with zero attached hydrogens (tertiary/aromatic N) is 1. The highest BCUT2D eigenvalue weighted by Crippen LogP contribution is 2.36. The summed E-state index contributed by atoms with van der Waals surface area (Å²) in [6, 6.07) is 0. The molecule has 0 spiro atoms. The molecule has 4 nitrogen and oxygen atoms in total. The minimum atomic E-state index is -2.64. The fourth-order valence-corrected chi connectivity index (χ4v) is 2.25. The third-order valence-electron chi connectivity index (χ3n) is 3.39. The molecule has 1 rings (SSSR count). The second-order valence-electron chi connectivity index (χ2n) is 4.79. The molecule has 1 aliphatic rings. The van der Waals surface area contributed by atoms with E-state index in [1.807, 2.05) is 0 Å². The first-order valence-corrected chi connectivity index (χ1v) is 6.72. The van der Waals surface area contributed by atoms with Crippen molar-refractivity contribution in [3.63, 3.8) is 0 Å². The van der Waals surface area contributed by atoms with Crippen LogP contribution in [0.25, 0.3) is 0 Å². The van der Waals surface area contributed by atoms with Crippen LogP contribution in [-0.2, 0) is 14.3 Å². The van der Waals surface area contributed by atoms with Crippen molar-refractivity contribution in [2.45, 2.75) is 45.5 Å². The van der Waals surface area contributed by atoms with Crippen LogP contribution >= 0.6 is 0 Å². The van der Waals surface area contributed by atoms with Crippen LogP contribution in [0.1, 0.15) is 39.5 Å². The zero-order valence-corrected chi connectivity index (χ0v) is 11.5. The monoisotopic (exact) mass is 277 g/mol. The molecule has 0 atom stereocenters. The van der Waals surface area contributed by atoms with Crippen LogP contribution in [0.4, 0.5) is 8.78 Å². The van der Waals surface area contributed by atoms with Crippen LogP contribution in [0.15, 0.2) is 0 Å². The molecule has 0 N–H and O–H groups in total. The van der Waals surface area contributed by atoms with Crippen molar-refractivity contribution >= 4 is 11.9 Å². The number of carbonyl (C=O) groups is 2. The standard InChI is InChI=1S/C13H21F2NO3/c1-3-16(9-11(17)19-4-2)12(18)10-5-7-13(14,15)8-6-10/h10H,3-9H2,1-2H3. The molecule has 1 saturated carbocycles. The highest BCUT2D eigenvalue weighted by molar-refractivity contribution is 5.83. The lowest BCUT2D eigenvalue weighted by Gasteiger charge is -2.31. The van der Waals surface area contributed by atoms with E-state index in [0.29, 0.717) is 6.54 Å². The highest BCUT2D eigenvalue weighted by Gasteiger charge is 2.38. The van der Waals surface area contributed by atoms with E-state index in [1.54, 1.807) is 13.8 Å². The summed E-state index contributed by atoms with van der Waals surface area (Å²) in [6.45, 7) is 3.99. The molecule has 0 radical (unpaired) electrons. The number of hydrogen-bond acceptors (Lipinski definition) is 3. The van der Waals surface area contributed by atoms with Gasteiger partial charge in [-0.15, -0.1) is 0 Å². The fraction of sp³-hybridized carbons (Fsp3) is 0.846. The van der Waals surface area contributed by atoms with Gasteiger partial charge < -0.3 is 9.64 Å². The van der Waals surface area contributed by atoms with Crippen molar-refractivity contribution in [3.05, 3.63) is 0 Å². The lowest BCUT2D eigenvalue weighted by Crippen LogP contribution is -2.42. The zero-order chi connectivity index (χ0) is 14.5. The summed E-state index contributed by atoms with van der Waals surface area (Å²) in [5.74, 6) is -3.71. The highest BCUT2D eigenvalue weighted by atomic mass is 19.3. The number of amides is 1. The summed E-state index contributed by atoms with van der Waals surface area (Å²) in [7, 11) is 0. The summed E-state index contributed by atoms with van der Waals surface area (Å²) in [5.41, 5.74) is 0. The van der Waals surface area contributed by atoms with Gasteiger partial charge in [-0.1, -0.05) is 0 Å². The predicted molar refractivity (Wildman–Crippen MR) is 65.8 cm³/mol. The van der Waals surface area contributed by atoms with E-state index in [9.17, 15) is 18.4 Å². The van der Waals surface area contributed by atoms with Gasteiger partial charge in [-0.2, -0.15) is 0 Å². The average Bonchev–Trinajstić information content (AvgIpc) is 2.35. The van der Waals surface area contributed by atoms with Gasteiger partial charge in [0.2, 0.25) is 11.8 Å². The number of likely N-dealkylation sites (N-methyl/N-ethyl adjacent to an activating group) is 1. The normalized spacial score (nSPS) is 18.9. The van der Waals surface area contributed by atoms with Crippen molar-refractivity contribution in [2.75, 3.05) is 19.7 Å². The van der Waals surface area contributed by atoms with Crippen molar-refractivity contribution < 1.29 is 23.1 Å². The Hall–Kier alpha value is -1.20. The molecule has 0 aromatic heterocycles. The Morgan fingerprint density at radius 1 is 1.26 bits per heavy atom. The molecule has 6 heteroatoms. The van der Waals surface area contributed by atoms with Gasteiger partial charge in [-0.3, -0.25) is 9.59 Å². The van der Waals surface area contributed by atoms with E-state index < -0.39 is 17.8 Å². The molecule has 0 saturated heterocycles. The number of esters is 1. The lowest BCUT2D eigenvalue weighted by atomic mass is 9.86. The first-order chi connectivity index (χ1) is 8.89. The molecule has 0 aromatic rings. The Morgan fingerprint density at radius 3 is 2.32 bits per heavy atom. The van der Waals surface area contributed by atoms with E-state index in [0.717, 1.165) is 0 Å². The maximum absolute atomic E-state index is 13.0. The average molecular weight is 277 g/mol. The number of carbonyl (C=O) groups excluding carboxylic acids is 2. The SMILES string of the molecule is CCOC(=O)CN(CC)C(=O)C1CCC(F)(F)CC1. The second kappa shape index (κ2) is 6.82. The summed E-state index contributed by atoms with van der Waals surface area (Å²) >= 11 is 0. The maximum Gasteiger partial charge on any atom is 0.325 e. The van der Waals surface area contributed by atoms with Crippen LogP contribution in [-0.4, -0.2) is 42.4 Å². The molecule has 0 aliphatic heterocycles. The number of alkyl halides is 2. The van der Waals surface area contributed by atoms with Crippen LogP contribution in [0.2, 0.25) is 0 Å². The Balaban J connectivity index is 2.52. The van der Waals surface area contributed by atoms with Crippen molar-refractivity contribution in [2.24, 2.45) is 5.92 Å². The fourth-order valence-electron chi connectivity index (χ4n) is 2.25. The minimum Gasteiger partial charge on any atom is -0.465 e. The summed E-state index contributed by atoms with van der Waals surface area (Å²) in [6.07, 6.45) is -0.128. The number of ether oxygens (including phenoxy) is 1. The second-order valence-corrected chi connectivity index (χ2v) is 4.79. The van der Waals surface area contributed by atoms with Crippen LogP contribution in [0, 0.1) is 5.92 Å². The van der Waals surface area contributed by atoms with Gasteiger partial charge in [0.1, 0.15) is 6.54 Å². The van der Waals surface area contributed by atoms with Crippen LogP contribution in [0.5, 0.6) is 0 Å². The zero-order valence-electron chi connectivity index (χ0n) is 11.5. The van der Waals surface area contributed by atoms with E-state index in [2.05, 4.69) is 0 Å². The Kier molecular flexibility index (Phi) is 5.69. The van der Waals surface area contributed by atoms with Gasteiger partial charge in [-0.05, 0) is 26.7 Å². The van der Waals surface area contributed by atoms with Crippen molar-refractivity contribution in [3.8, 4) is 0 Å². The van der Waals surface area contributed by atoms with E-state index in [-0.39, 0.29) is 44.7 Å². The third kappa shape index (κ3) is 4.76. The van der Waals surface area contributed by atoms with Crippen molar-refractivity contribution in [1.82, 2.24) is 4.90 Å². The Morgan fingerprint density at radius 2 is 1.84 bits per heavy atom. The largest absolute Gasteiger partial charge is 0.465 e. The van der Waals surface area contributed by atoms with E-state index in [1.165, 1.54) is 4.90 Å². The van der Waals surface area contributed by atoms with Gasteiger partial charge >= 0.3 is 5.97 Å². The van der Waals surface area contributed by atoms with Gasteiger partial charge in [0.15, 0.2) is 0 Å². The quantitative estimate of drug-likeness (QED) is 0.724. The summed E-state index contributed by atoms with van der Waals surface area (Å²) in [5, 5.41) is 0. The van der Waals surface area contributed by atoms with E-state index >= 15 is 0 Å². The number of rotatable bonds is 5. The molecule has 0 heterocycles. The molecule has 0 aromatic carbocycles. The van der Waals surface area contributed by atoms with Crippen molar-refractivity contribution in [1.29, 1.82) is 0 Å². The molecule has 110 valence electrons. The molecule has 1 aliphatic carbocycles. The number of hydrogen-bond donors (Lipinski definition) is 0. The molecular formula is C13H21F2NO3. The van der Waals surface area contributed by atoms with Crippen LogP contribution in [0.3, 0.4) is 0 Å². The third-order valence-corrected chi connectivity index (χ3v) is 3.39. The molecule has 0 unspecified atom stereocenters.